The van der Waals surface area contributed by atoms with Crippen LogP contribution in [-0.2, 0) is 0 Å². The summed E-state index contributed by atoms with van der Waals surface area (Å²) in [5.41, 5.74) is 3.05. The Hall–Kier alpha value is -2.43. The maximum atomic E-state index is 12.9. The molecule has 25 heavy (non-hydrogen) atoms. The third-order valence-electron chi connectivity index (χ3n) is 5.32. The van der Waals surface area contributed by atoms with Crippen LogP contribution in [0, 0.1) is 0 Å². The lowest BCUT2D eigenvalue weighted by Crippen LogP contribution is -2.39. The number of hydrogen-bond donors (Lipinski definition) is 0. The topological polar surface area (TPSA) is 49.3 Å². The highest BCUT2D eigenvalue weighted by Crippen LogP contribution is 2.27. The van der Waals surface area contributed by atoms with E-state index in [4.69, 9.17) is 0 Å². The molecular weight excluding hydrogens is 312 g/mol. The van der Waals surface area contributed by atoms with Crippen LogP contribution in [0.4, 0.5) is 5.69 Å². The summed E-state index contributed by atoms with van der Waals surface area (Å²) in [4.78, 5) is 25.6. The van der Waals surface area contributed by atoms with Gasteiger partial charge in [-0.3, -0.25) is 4.79 Å². The smallest absolute Gasteiger partial charge is 0.253 e. The number of rotatable bonds is 3. The van der Waals surface area contributed by atoms with Gasteiger partial charge in [-0.1, -0.05) is 0 Å². The van der Waals surface area contributed by atoms with Crippen LogP contribution in [0.5, 0.6) is 0 Å². The Morgan fingerprint density at radius 2 is 1.80 bits per heavy atom. The molecule has 5 nitrogen and oxygen atoms in total. The molecule has 2 saturated heterocycles. The lowest BCUT2D eigenvalue weighted by Gasteiger charge is -2.32. The minimum absolute atomic E-state index is 0.131. The largest absolute Gasteiger partial charge is 0.372 e. The molecule has 130 valence electrons. The predicted molar refractivity (Wildman–Crippen MR) is 97.8 cm³/mol. The highest BCUT2D eigenvalue weighted by atomic mass is 16.2. The van der Waals surface area contributed by atoms with Crippen LogP contribution in [0.1, 0.15) is 47.7 Å². The fraction of sp³-hybridized carbons (Fsp3) is 0.450. The number of benzene rings is 1. The summed E-state index contributed by atoms with van der Waals surface area (Å²) in [5, 5.41) is 0. The van der Waals surface area contributed by atoms with Crippen LogP contribution in [-0.4, -0.2) is 47.0 Å². The lowest BCUT2D eigenvalue weighted by atomic mass is 9.94. The van der Waals surface area contributed by atoms with Crippen LogP contribution in [0.3, 0.4) is 0 Å². The zero-order chi connectivity index (χ0) is 17.1. The number of nitrogens with zero attached hydrogens (tertiary/aromatic N) is 4. The number of aromatic nitrogens is 2. The van der Waals surface area contributed by atoms with E-state index < -0.39 is 0 Å². The highest BCUT2D eigenvalue weighted by molar-refractivity contribution is 5.94. The summed E-state index contributed by atoms with van der Waals surface area (Å²) < 4.78 is 0. The van der Waals surface area contributed by atoms with Crippen molar-refractivity contribution in [3.05, 3.63) is 54.1 Å². The minimum Gasteiger partial charge on any atom is -0.372 e. The van der Waals surface area contributed by atoms with Crippen molar-refractivity contribution < 1.29 is 4.79 Å². The van der Waals surface area contributed by atoms with E-state index in [1.165, 1.54) is 18.5 Å². The predicted octanol–water partition coefficient (Wildman–Crippen LogP) is 3.10. The second-order valence-electron chi connectivity index (χ2n) is 6.97. The molecule has 2 aliphatic rings. The van der Waals surface area contributed by atoms with E-state index in [0.717, 1.165) is 50.3 Å². The number of amides is 1. The quantitative estimate of drug-likeness (QED) is 0.864. The first-order valence-electron chi connectivity index (χ1n) is 9.21. The van der Waals surface area contributed by atoms with Crippen molar-refractivity contribution in [3.8, 4) is 0 Å². The summed E-state index contributed by atoms with van der Waals surface area (Å²) in [7, 11) is 0. The van der Waals surface area contributed by atoms with E-state index in [1.807, 2.05) is 23.1 Å². The maximum Gasteiger partial charge on any atom is 0.253 e. The summed E-state index contributed by atoms with van der Waals surface area (Å²) in [6, 6.07) is 10.1. The van der Waals surface area contributed by atoms with Crippen LogP contribution < -0.4 is 4.90 Å². The number of carbonyl (C=O) groups is 1. The van der Waals surface area contributed by atoms with Crippen molar-refractivity contribution >= 4 is 11.6 Å². The van der Waals surface area contributed by atoms with Gasteiger partial charge >= 0.3 is 0 Å². The van der Waals surface area contributed by atoms with Gasteiger partial charge in [-0.2, -0.15) is 0 Å². The Labute approximate surface area is 148 Å². The van der Waals surface area contributed by atoms with Gasteiger partial charge < -0.3 is 9.80 Å². The number of carbonyl (C=O) groups excluding carboxylic acids is 1. The summed E-state index contributed by atoms with van der Waals surface area (Å²) in [6.07, 6.45) is 7.99. The lowest BCUT2D eigenvalue weighted by molar-refractivity contribution is 0.0706. The molecule has 1 aromatic heterocycles. The van der Waals surface area contributed by atoms with Crippen molar-refractivity contribution in [1.29, 1.82) is 0 Å². The Bertz CT molecular complexity index is 710. The molecule has 2 aliphatic heterocycles. The molecular formula is C20H24N4O. The fourth-order valence-electron chi connectivity index (χ4n) is 3.92. The molecule has 4 rings (SSSR count). The first kappa shape index (κ1) is 16.1. The summed E-state index contributed by atoms with van der Waals surface area (Å²) in [6.45, 7) is 3.82. The Morgan fingerprint density at radius 3 is 2.52 bits per heavy atom. The average Bonchev–Trinajstić information content (AvgIpc) is 3.23. The van der Waals surface area contributed by atoms with E-state index in [2.05, 4.69) is 27.0 Å². The molecule has 0 bridgehead atoms. The van der Waals surface area contributed by atoms with E-state index in [0.29, 0.717) is 5.92 Å². The van der Waals surface area contributed by atoms with Crippen molar-refractivity contribution in [1.82, 2.24) is 14.9 Å². The minimum atomic E-state index is 0.131. The van der Waals surface area contributed by atoms with Gasteiger partial charge in [-0.25, -0.2) is 9.97 Å². The molecule has 2 aromatic rings. The Kier molecular flexibility index (Phi) is 4.63. The molecule has 0 spiro atoms. The zero-order valence-electron chi connectivity index (χ0n) is 14.5. The summed E-state index contributed by atoms with van der Waals surface area (Å²) >= 11 is 0. The molecule has 1 aromatic carbocycles. The van der Waals surface area contributed by atoms with Gasteiger partial charge in [0.2, 0.25) is 0 Å². The molecule has 1 atom stereocenters. The van der Waals surface area contributed by atoms with Crippen molar-refractivity contribution in [2.24, 2.45) is 0 Å². The van der Waals surface area contributed by atoms with Gasteiger partial charge in [0.25, 0.3) is 5.91 Å². The van der Waals surface area contributed by atoms with Crippen molar-refractivity contribution in [2.45, 2.75) is 31.6 Å². The zero-order valence-corrected chi connectivity index (χ0v) is 14.5. The highest BCUT2D eigenvalue weighted by Gasteiger charge is 2.26. The first-order valence-corrected chi connectivity index (χ1v) is 9.21. The molecule has 5 heteroatoms. The second kappa shape index (κ2) is 7.21. The van der Waals surface area contributed by atoms with Crippen LogP contribution >= 0.6 is 0 Å². The molecule has 0 N–H and O–H groups in total. The molecule has 0 radical (unpaired) electrons. The Morgan fingerprint density at radius 1 is 1.00 bits per heavy atom. The maximum absolute atomic E-state index is 12.9. The number of likely N-dealkylation sites (tertiary alicyclic amines) is 1. The van der Waals surface area contributed by atoms with Crippen molar-refractivity contribution in [3.63, 3.8) is 0 Å². The van der Waals surface area contributed by atoms with E-state index in [1.54, 1.807) is 12.5 Å². The first-order chi connectivity index (χ1) is 12.3. The second-order valence-corrected chi connectivity index (χ2v) is 6.97. The van der Waals surface area contributed by atoms with E-state index in [9.17, 15) is 4.79 Å². The molecule has 0 saturated carbocycles. The molecule has 0 unspecified atom stereocenters. The number of anilines is 1. The van der Waals surface area contributed by atoms with Gasteiger partial charge in [-0.05, 0) is 56.0 Å². The van der Waals surface area contributed by atoms with Crippen LogP contribution in [0.25, 0.3) is 0 Å². The average molecular weight is 336 g/mol. The van der Waals surface area contributed by atoms with Crippen molar-refractivity contribution in [2.75, 3.05) is 31.1 Å². The van der Waals surface area contributed by atoms with Crippen LogP contribution in [0.15, 0.2) is 42.9 Å². The monoisotopic (exact) mass is 336 g/mol. The van der Waals surface area contributed by atoms with Gasteiger partial charge in [0.05, 0.1) is 0 Å². The normalized spacial score (nSPS) is 20.7. The van der Waals surface area contributed by atoms with Gasteiger partial charge in [0.1, 0.15) is 6.33 Å². The molecule has 0 aliphatic carbocycles. The molecule has 1 amide bonds. The molecule has 3 heterocycles. The van der Waals surface area contributed by atoms with Gasteiger partial charge in [-0.15, -0.1) is 0 Å². The SMILES string of the molecule is O=C(c1ccc(N2CCCC2)cc1)N1CCC[C@H](c2ccncn2)C1. The summed E-state index contributed by atoms with van der Waals surface area (Å²) in [5.74, 6) is 0.441. The van der Waals surface area contributed by atoms with Crippen LogP contribution in [0.2, 0.25) is 0 Å². The molecule has 2 fully saturated rings. The standard InChI is InChI=1S/C20H24N4O/c25-20(16-5-7-18(8-6-16)23-11-1-2-12-23)24-13-3-4-17(14-24)19-9-10-21-15-22-19/h5-10,15,17H,1-4,11-14H2/t17-/m0/s1. The number of piperidine rings is 1. The number of hydrogen-bond acceptors (Lipinski definition) is 4. The third kappa shape index (κ3) is 3.50. The van der Waals surface area contributed by atoms with Gasteiger partial charge in [0, 0.05) is 55.2 Å². The Balaban J connectivity index is 1.44. The van der Waals surface area contributed by atoms with E-state index >= 15 is 0 Å². The fourth-order valence-corrected chi connectivity index (χ4v) is 3.92. The van der Waals surface area contributed by atoms with Gasteiger partial charge in [0.15, 0.2) is 0 Å². The third-order valence-corrected chi connectivity index (χ3v) is 5.32. The van der Waals surface area contributed by atoms with E-state index in [-0.39, 0.29) is 5.91 Å².